The van der Waals surface area contributed by atoms with E-state index >= 15 is 0 Å². The molecule has 5 heterocycles. The zero-order valence-corrected chi connectivity index (χ0v) is 18.7. The van der Waals surface area contributed by atoms with Crippen LogP contribution in [0.5, 0.6) is 0 Å². The molecule has 0 aliphatic carbocycles. The highest BCUT2D eigenvalue weighted by atomic mass is 16.4. The zero-order chi connectivity index (χ0) is 22.5. The maximum atomic E-state index is 13.0. The molecule has 0 spiro atoms. The van der Waals surface area contributed by atoms with E-state index in [2.05, 4.69) is 35.7 Å². The number of rotatable bonds is 5. The van der Waals surface area contributed by atoms with Crippen LogP contribution in [-0.2, 0) is 0 Å². The predicted octanol–water partition coefficient (Wildman–Crippen LogP) is 0.490. The van der Waals surface area contributed by atoms with Gasteiger partial charge in [0, 0.05) is 77.6 Å². The molecule has 10 heteroatoms. The Bertz CT molecular complexity index is 1010. The molecule has 2 fully saturated rings. The number of aromatic nitrogens is 1. The number of hydrogen-bond donors (Lipinski definition) is 3. The third kappa shape index (κ3) is 5.13. The van der Waals surface area contributed by atoms with Crippen molar-refractivity contribution in [2.45, 2.75) is 18.9 Å². The molecule has 1 amide bonds. The van der Waals surface area contributed by atoms with E-state index in [9.17, 15) is 4.79 Å². The second kappa shape index (κ2) is 10.2. The molecular formula is C23H30N8O2. The van der Waals surface area contributed by atoms with Gasteiger partial charge in [-0.1, -0.05) is 12.2 Å². The molecule has 174 valence electrons. The summed E-state index contributed by atoms with van der Waals surface area (Å²) in [5, 5.41) is 9.73. The molecule has 0 radical (unpaired) electrons. The van der Waals surface area contributed by atoms with Crippen LogP contribution in [0.2, 0.25) is 0 Å². The largest absolute Gasteiger partial charge is 0.430 e. The number of hydrogen-bond acceptors (Lipinski definition) is 9. The van der Waals surface area contributed by atoms with Crippen molar-refractivity contribution in [2.75, 3.05) is 52.4 Å². The lowest BCUT2D eigenvalue weighted by Gasteiger charge is -2.36. The molecule has 0 aromatic carbocycles. The normalized spacial score (nSPS) is 24.1. The van der Waals surface area contributed by atoms with Crippen molar-refractivity contribution in [3.8, 4) is 0 Å². The van der Waals surface area contributed by atoms with E-state index in [0.29, 0.717) is 18.0 Å². The first-order valence-electron chi connectivity index (χ1n) is 11.6. The number of nitrogens with zero attached hydrogens (tertiary/aromatic N) is 5. The highest BCUT2D eigenvalue weighted by Crippen LogP contribution is 2.19. The van der Waals surface area contributed by atoms with Gasteiger partial charge in [-0.2, -0.15) is 0 Å². The van der Waals surface area contributed by atoms with Gasteiger partial charge in [-0.05, 0) is 6.08 Å². The average molecular weight is 451 g/mol. The minimum Gasteiger partial charge on any atom is -0.430 e. The van der Waals surface area contributed by atoms with E-state index in [1.54, 1.807) is 6.20 Å². The van der Waals surface area contributed by atoms with E-state index < -0.39 is 0 Å². The van der Waals surface area contributed by atoms with Gasteiger partial charge in [0.05, 0.1) is 17.9 Å². The van der Waals surface area contributed by atoms with Gasteiger partial charge >= 0.3 is 0 Å². The summed E-state index contributed by atoms with van der Waals surface area (Å²) >= 11 is 0. The third-order valence-electron chi connectivity index (χ3n) is 6.22. The topological polar surface area (TPSA) is 110 Å². The van der Waals surface area contributed by atoms with Gasteiger partial charge in [-0.15, -0.1) is 0 Å². The van der Waals surface area contributed by atoms with Crippen LogP contribution in [-0.4, -0.2) is 91.0 Å². The average Bonchev–Trinajstić information content (AvgIpc) is 3.24. The van der Waals surface area contributed by atoms with E-state index in [1.165, 1.54) is 6.20 Å². The number of piperazine rings is 2. The van der Waals surface area contributed by atoms with Gasteiger partial charge in [0.1, 0.15) is 11.5 Å². The molecule has 4 aliphatic heterocycles. The zero-order valence-electron chi connectivity index (χ0n) is 18.7. The maximum Gasteiger partial charge on any atom is 0.292 e. The second-order valence-electron chi connectivity index (χ2n) is 8.39. The Hall–Kier alpha value is -3.08. The van der Waals surface area contributed by atoms with Crippen LogP contribution in [0.15, 0.2) is 56.5 Å². The van der Waals surface area contributed by atoms with Gasteiger partial charge in [0.2, 0.25) is 11.7 Å². The Morgan fingerprint density at radius 3 is 2.73 bits per heavy atom. The first-order valence-corrected chi connectivity index (χ1v) is 11.6. The summed E-state index contributed by atoms with van der Waals surface area (Å²) < 4.78 is 5.86. The summed E-state index contributed by atoms with van der Waals surface area (Å²) in [4.78, 5) is 31.0. The molecule has 1 aromatic heterocycles. The number of nitrogens with one attached hydrogen (secondary N) is 3. The fraction of sp³-hybridized carbons (Fsp3) is 0.478. The molecule has 0 saturated carbocycles. The highest BCUT2D eigenvalue weighted by Gasteiger charge is 2.27. The van der Waals surface area contributed by atoms with Gasteiger partial charge in [-0.3, -0.25) is 14.7 Å². The summed E-state index contributed by atoms with van der Waals surface area (Å²) in [5.74, 6) is 1.12. The lowest BCUT2D eigenvalue weighted by atomic mass is 10.1. The Labute approximate surface area is 193 Å². The fourth-order valence-corrected chi connectivity index (χ4v) is 4.43. The third-order valence-corrected chi connectivity index (χ3v) is 6.22. The monoisotopic (exact) mass is 450 g/mol. The summed E-state index contributed by atoms with van der Waals surface area (Å²) in [7, 11) is 0. The van der Waals surface area contributed by atoms with Gasteiger partial charge < -0.3 is 25.3 Å². The van der Waals surface area contributed by atoms with Crippen LogP contribution in [0.1, 0.15) is 29.3 Å². The molecule has 5 rings (SSSR count). The first kappa shape index (κ1) is 21.7. The van der Waals surface area contributed by atoms with Crippen LogP contribution in [0.25, 0.3) is 0 Å². The maximum absolute atomic E-state index is 13.0. The molecular weight excluding hydrogens is 420 g/mol. The van der Waals surface area contributed by atoms with Gasteiger partial charge in [0.15, 0.2) is 0 Å². The van der Waals surface area contributed by atoms with Crippen LogP contribution >= 0.6 is 0 Å². The second-order valence-corrected chi connectivity index (χ2v) is 8.39. The van der Waals surface area contributed by atoms with E-state index in [4.69, 9.17) is 9.41 Å². The van der Waals surface area contributed by atoms with E-state index in [-0.39, 0.29) is 17.7 Å². The lowest BCUT2D eigenvalue weighted by Crippen LogP contribution is -2.51. The van der Waals surface area contributed by atoms with Crippen molar-refractivity contribution in [1.82, 2.24) is 30.7 Å². The Morgan fingerprint density at radius 1 is 1.12 bits per heavy atom. The summed E-state index contributed by atoms with van der Waals surface area (Å²) in [5.41, 5.74) is 1.51. The smallest absolute Gasteiger partial charge is 0.292 e. The minimum atomic E-state index is -0.320. The predicted molar refractivity (Wildman–Crippen MR) is 126 cm³/mol. The van der Waals surface area contributed by atoms with Crippen LogP contribution in [0, 0.1) is 0 Å². The summed E-state index contributed by atoms with van der Waals surface area (Å²) in [6.45, 7) is 7.45. The molecule has 0 bridgehead atoms. The number of amides is 1. The van der Waals surface area contributed by atoms with Gasteiger partial charge in [0.25, 0.3) is 5.91 Å². The molecule has 1 aromatic rings. The molecule has 2 saturated heterocycles. The minimum absolute atomic E-state index is 0.110. The van der Waals surface area contributed by atoms with Gasteiger partial charge in [-0.25, -0.2) is 9.98 Å². The molecule has 3 N–H and O–H groups in total. The summed E-state index contributed by atoms with van der Waals surface area (Å²) in [6, 6.07) is 0.110. The van der Waals surface area contributed by atoms with Crippen molar-refractivity contribution < 1.29 is 9.21 Å². The molecule has 1 unspecified atom stereocenters. The Kier molecular flexibility index (Phi) is 6.75. The number of carbonyl (C=O) groups excluding carboxylic acids is 1. The van der Waals surface area contributed by atoms with Crippen molar-refractivity contribution in [3.63, 3.8) is 0 Å². The SMILES string of the molecule is O=C(NC1=CN=CCC1N1CCNCC1)c1cnc(C2=NC(N3CCNCC3)=CC=CC2)o1. The summed E-state index contributed by atoms with van der Waals surface area (Å²) in [6.07, 6.45) is 12.5. The standard InChI is InChI=1S/C23H30N8O2/c32-22(29-18-15-26-6-5-19(18)30-11-7-24-8-12-30)20-16-27-23(33-20)17-3-1-2-4-21(28-17)31-13-9-25-10-14-31/h1-2,4,6,15-16,19,24-25H,3,5,7-14H2,(H,29,32). The van der Waals surface area contributed by atoms with Crippen molar-refractivity contribution in [2.24, 2.45) is 9.98 Å². The lowest BCUT2D eigenvalue weighted by molar-refractivity contribution is 0.0925. The molecule has 4 aliphatic rings. The van der Waals surface area contributed by atoms with Crippen molar-refractivity contribution >= 4 is 17.8 Å². The van der Waals surface area contributed by atoms with Crippen molar-refractivity contribution in [3.05, 3.63) is 53.8 Å². The molecule has 33 heavy (non-hydrogen) atoms. The number of carbonyl (C=O) groups is 1. The highest BCUT2D eigenvalue weighted by molar-refractivity contribution is 6.00. The van der Waals surface area contributed by atoms with Crippen molar-refractivity contribution in [1.29, 1.82) is 0 Å². The van der Waals surface area contributed by atoms with E-state index in [0.717, 1.165) is 70.3 Å². The Morgan fingerprint density at radius 2 is 1.91 bits per heavy atom. The number of allylic oxidation sites excluding steroid dienone is 3. The Balaban J connectivity index is 1.28. The quantitative estimate of drug-likeness (QED) is 0.599. The number of oxazole rings is 1. The van der Waals surface area contributed by atoms with Crippen LogP contribution in [0.4, 0.5) is 0 Å². The molecule has 1 atom stereocenters. The first-order chi connectivity index (χ1) is 16.3. The van der Waals surface area contributed by atoms with E-state index in [1.807, 2.05) is 24.4 Å². The number of aliphatic imine (C=N–C) groups is 2. The fourth-order valence-electron chi connectivity index (χ4n) is 4.43. The van der Waals surface area contributed by atoms with Crippen LogP contribution in [0.3, 0.4) is 0 Å². The molecule has 10 nitrogen and oxygen atoms in total. The van der Waals surface area contributed by atoms with Crippen LogP contribution < -0.4 is 16.0 Å².